The van der Waals surface area contributed by atoms with Crippen molar-refractivity contribution in [2.75, 3.05) is 4.72 Å². The highest BCUT2D eigenvalue weighted by atomic mass is 32.2. The van der Waals surface area contributed by atoms with E-state index in [2.05, 4.69) is 15.4 Å². The van der Waals surface area contributed by atoms with Gasteiger partial charge in [-0.2, -0.15) is 0 Å². The molecule has 0 bridgehead atoms. The highest BCUT2D eigenvalue weighted by Gasteiger charge is 2.30. The molecule has 7 nitrogen and oxygen atoms in total. The zero-order valence-corrected chi connectivity index (χ0v) is 13.6. The first-order chi connectivity index (χ1) is 11.4. The maximum Gasteiger partial charge on any atom is 0.322 e. The predicted molar refractivity (Wildman–Crippen MR) is 87.8 cm³/mol. The molecule has 2 aromatic rings. The minimum atomic E-state index is -3.69. The van der Waals surface area contributed by atoms with E-state index in [1.807, 2.05) is 0 Å². The molecule has 1 aliphatic heterocycles. The zero-order valence-electron chi connectivity index (χ0n) is 12.7. The Hall–Kier alpha value is -2.87. The van der Waals surface area contributed by atoms with Crippen molar-refractivity contribution in [3.63, 3.8) is 0 Å². The maximum absolute atomic E-state index is 12.4. The Morgan fingerprint density at radius 2 is 1.67 bits per heavy atom. The van der Waals surface area contributed by atoms with Gasteiger partial charge in [-0.1, -0.05) is 30.3 Å². The van der Waals surface area contributed by atoms with Crippen molar-refractivity contribution in [1.82, 2.24) is 10.6 Å². The number of imide groups is 1. The molecule has 0 aliphatic carbocycles. The largest absolute Gasteiger partial charge is 0.322 e. The number of aryl methyl sites for hydroxylation is 1. The fraction of sp³-hybridized carbons (Fsp3) is 0.125. The maximum atomic E-state index is 12.4. The summed E-state index contributed by atoms with van der Waals surface area (Å²) < 4.78 is 27.4. The molecule has 3 N–H and O–H groups in total. The summed E-state index contributed by atoms with van der Waals surface area (Å²) in [7, 11) is -3.69. The Labute approximate surface area is 139 Å². The molecule has 0 saturated carbocycles. The number of carbonyl (C=O) groups is 2. The van der Waals surface area contributed by atoms with Gasteiger partial charge in [0.15, 0.2) is 0 Å². The van der Waals surface area contributed by atoms with E-state index in [-0.39, 0.29) is 4.90 Å². The van der Waals surface area contributed by atoms with Crippen molar-refractivity contribution in [3.05, 3.63) is 59.7 Å². The minimum Gasteiger partial charge on any atom is -0.322 e. The number of amides is 3. The lowest BCUT2D eigenvalue weighted by Gasteiger charge is -2.12. The van der Waals surface area contributed by atoms with Crippen LogP contribution in [0.3, 0.4) is 0 Å². The normalized spacial score (nSPS) is 17.3. The van der Waals surface area contributed by atoms with E-state index in [1.165, 1.54) is 6.07 Å². The number of hydrogen-bond acceptors (Lipinski definition) is 4. The van der Waals surface area contributed by atoms with Crippen molar-refractivity contribution in [3.8, 4) is 0 Å². The average molecular weight is 345 g/mol. The average Bonchev–Trinajstić information content (AvgIpc) is 2.86. The Bertz CT molecular complexity index is 907. The third kappa shape index (κ3) is 3.09. The molecule has 1 saturated heterocycles. The van der Waals surface area contributed by atoms with Crippen molar-refractivity contribution in [2.24, 2.45) is 0 Å². The van der Waals surface area contributed by atoms with Gasteiger partial charge in [0.05, 0.1) is 4.90 Å². The van der Waals surface area contributed by atoms with Crippen molar-refractivity contribution in [1.29, 1.82) is 0 Å². The zero-order chi connectivity index (χ0) is 17.3. The van der Waals surface area contributed by atoms with Crippen LogP contribution in [0.4, 0.5) is 10.5 Å². The van der Waals surface area contributed by atoms with Gasteiger partial charge in [0.2, 0.25) is 0 Å². The molecule has 0 aromatic heterocycles. The van der Waals surface area contributed by atoms with E-state index >= 15 is 0 Å². The van der Waals surface area contributed by atoms with Crippen LogP contribution in [0.5, 0.6) is 0 Å². The molecule has 0 radical (unpaired) electrons. The molecule has 3 rings (SSSR count). The van der Waals surface area contributed by atoms with Crippen molar-refractivity contribution in [2.45, 2.75) is 17.9 Å². The second-order valence-corrected chi connectivity index (χ2v) is 7.04. The molecule has 1 atom stereocenters. The van der Waals surface area contributed by atoms with Crippen LogP contribution in [-0.4, -0.2) is 20.4 Å². The monoisotopic (exact) mass is 345 g/mol. The minimum absolute atomic E-state index is 0.205. The number of hydrogen-bond donors (Lipinski definition) is 3. The molecule has 1 unspecified atom stereocenters. The standard InChI is InChI=1S/C16H15N3O4S/c1-10-4-2-3-5-13(10)24(22,23)19-12-8-6-11(7-9-12)14-15(20)18-16(21)17-14/h2-9,14,19H,1H3,(H2,17,18,20,21). The Morgan fingerprint density at radius 1 is 1.00 bits per heavy atom. The molecule has 2 aromatic carbocycles. The molecule has 24 heavy (non-hydrogen) atoms. The first-order valence-corrected chi connectivity index (χ1v) is 8.65. The van der Waals surface area contributed by atoms with E-state index in [0.717, 1.165) is 0 Å². The number of anilines is 1. The quantitative estimate of drug-likeness (QED) is 0.733. The molecule has 8 heteroatoms. The molecular formula is C16H15N3O4S. The van der Waals surface area contributed by atoms with Gasteiger partial charge in [-0.25, -0.2) is 13.2 Å². The summed E-state index contributed by atoms with van der Waals surface area (Å²) in [6, 6.07) is 11.6. The number of sulfonamides is 1. The summed E-state index contributed by atoms with van der Waals surface area (Å²) in [5, 5.41) is 4.63. The topological polar surface area (TPSA) is 104 Å². The molecule has 1 fully saturated rings. The summed E-state index contributed by atoms with van der Waals surface area (Å²) in [5.41, 5.74) is 1.58. The van der Waals surface area contributed by atoms with Crippen LogP contribution in [0.25, 0.3) is 0 Å². The van der Waals surface area contributed by atoms with Gasteiger partial charge in [-0.3, -0.25) is 14.8 Å². The Kier molecular flexibility index (Phi) is 3.98. The van der Waals surface area contributed by atoms with Crippen LogP contribution in [0.2, 0.25) is 0 Å². The van der Waals surface area contributed by atoms with E-state index in [9.17, 15) is 18.0 Å². The second-order valence-electron chi connectivity index (χ2n) is 5.39. The fourth-order valence-corrected chi connectivity index (χ4v) is 3.77. The van der Waals surface area contributed by atoms with Gasteiger partial charge in [0.1, 0.15) is 6.04 Å². The highest BCUT2D eigenvalue weighted by molar-refractivity contribution is 7.92. The van der Waals surface area contributed by atoms with Crippen LogP contribution in [0, 0.1) is 6.92 Å². The Balaban J connectivity index is 1.81. The lowest BCUT2D eigenvalue weighted by Crippen LogP contribution is -2.22. The van der Waals surface area contributed by atoms with E-state index in [4.69, 9.17) is 0 Å². The molecule has 1 aliphatic rings. The van der Waals surface area contributed by atoms with Gasteiger partial charge in [-0.05, 0) is 36.2 Å². The molecule has 0 spiro atoms. The van der Waals surface area contributed by atoms with Gasteiger partial charge >= 0.3 is 6.03 Å². The van der Waals surface area contributed by atoms with Gasteiger partial charge in [0, 0.05) is 5.69 Å². The number of benzene rings is 2. The summed E-state index contributed by atoms with van der Waals surface area (Å²) in [6.07, 6.45) is 0. The summed E-state index contributed by atoms with van der Waals surface area (Å²) >= 11 is 0. The molecule has 1 heterocycles. The third-order valence-corrected chi connectivity index (χ3v) is 5.20. The van der Waals surface area contributed by atoms with E-state index in [0.29, 0.717) is 16.8 Å². The SMILES string of the molecule is Cc1ccccc1S(=O)(=O)Nc1ccc(C2NC(=O)NC2=O)cc1. The van der Waals surface area contributed by atoms with Crippen LogP contribution in [-0.2, 0) is 14.8 Å². The van der Waals surface area contributed by atoms with Crippen LogP contribution in [0.1, 0.15) is 17.2 Å². The summed E-state index contributed by atoms with van der Waals surface area (Å²) in [5.74, 6) is -0.437. The predicted octanol–water partition coefficient (Wildman–Crippen LogP) is 1.68. The summed E-state index contributed by atoms with van der Waals surface area (Å²) in [4.78, 5) is 23.0. The summed E-state index contributed by atoms with van der Waals surface area (Å²) in [6.45, 7) is 1.72. The number of carbonyl (C=O) groups excluding carboxylic acids is 2. The lowest BCUT2D eigenvalue weighted by molar-refractivity contribution is -0.120. The first-order valence-electron chi connectivity index (χ1n) is 7.16. The van der Waals surface area contributed by atoms with Gasteiger partial charge < -0.3 is 5.32 Å². The van der Waals surface area contributed by atoms with Crippen LogP contribution >= 0.6 is 0 Å². The number of nitrogens with one attached hydrogen (secondary N) is 3. The van der Waals surface area contributed by atoms with E-state index in [1.54, 1.807) is 49.4 Å². The first kappa shape index (κ1) is 16.0. The molecule has 3 amide bonds. The molecule has 124 valence electrons. The third-order valence-electron chi connectivity index (χ3n) is 3.65. The van der Waals surface area contributed by atoms with Crippen molar-refractivity contribution < 1.29 is 18.0 Å². The second kappa shape index (κ2) is 5.97. The Morgan fingerprint density at radius 3 is 2.25 bits per heavy atom. The van der Waals surface area contributed by atoms with Crippen LogP contribution < -0.4 is 15.4 Å². The fourth-order valence-electron chi connectivity index (χ4n) is 2.46. The van der Waals surface area contributed by atoms with E-state index < -0.39 is 28.0 Å². The molecular weight excluding hydrogens is 330 g/mol. The van der Waals surface area contributed by atoms with Crippen LogP contribution in [0.15, 0.2) is 53.4 Å². The van der Waals surface area contributed by atoms with Crippen molar-refractivity contribution >= 4 is 27.6 Å². The smallest absolute Gasteiger partial charge is 0.322 e. The highest BCUT2D eigenvalue weighted by Crippen LogP contribution is 2.22. The van der Waals surface area contributed by atoms with Gasteiger partial charge in [-0.15, -0.1) is 0 Å². The number of urea groups is 1. The number of rotatable bonds is 4. The lowest BCUT2D eigenvalue weighted by atomic mass is 10.1. The van der Waals surface area contributed by atoms with Gasteiger partial charge in [0.25, 0.3) is 15.9 Å².